The van der Waals surface area contributed by atoms with Crippen molar-refractivity contribution in [3.63, 3.8) is 0 Å². The highest BCUT2D eigenvalue weighted by Gasteiger charge is 2.29. The minimum atomic E-state index is 0.223. The molecule has 0 spiro atoms. The van der Waals surface area contributed by atoms with Crippen molar-refractivity contribution in [3.05, 3.63) is 35.4 Å². The topological polar surface area (TPSA) is 32.3 Å². The summed E-state index contributed by atoms with van der Waals surface area (Å²) in [4.78, 5) is 14.2. The van der Waals surface area contributed by atoms with E-state index in [2.05, 4.69) is 48.3 Å². The van der Waals surface area contributed by atoms with Gasteiger partial charge in [-0.25, -0.2) is 0 Å². The van der Waals surface area contributed by atoms with E-state index in [9.17, 15) is 4.79 Å². The normalized spacial score (nSPS) is 25.9. The van der Waals surface area contributed by atoms with Crippen molar-refractivity contribution in [1.29, 1.82) is 0 Å². The Kier molecular flexibility index (Phi) is 4.82. The SMILES string of the molecule is CC1CC(C)CN(Cc2ccc(CNC(=O)C3CC3)cc2)C1. The molecule has 0 radical (unpaired) electrons. The molecule has 1 N–H and O–H groups in total. The van der Waals surface area contributed by atoms with Crippen LogP contribution in [0.1, 0.15) is 44.2 Å². The second kappa shape index (κ2) is 6.82. The Morgan fingerprint density at radius 3 is 2.27 bits per heavy atom. The third-order valence-electron chi connectivity index (χ3n) is 4.79. The van der Waals surface area contributed by atoms with E-state index >= 15 is 0 Å². The van der Waals surface area contributed by atoms with Gasteiger partial charge in [0.1, 0.15) is 0 Å². The van der Waals surface area contributed by atoms with E-state index in [1.54, 1.807) is 0 Å². The third kappa shape index (κ3) is 4.33. The van der Waals surface area contributed by atoms with Crippen LogP contribution in [0.4, 0.5) is 0 Å². The number of rotatable bonds is 5. The molecular weight excluding hydrogens is 272 g/mol. The number of hydrogen-bond acceptors (Lipinski definition) is 2. The molecular formula is C19H28N2O. The van der Waals surface area contributed by atoms with Gasteiger partial charge >= 0.3 is 0 Å². The maximum absolute atomic E-state index is 11.7. The van der Waals surface area contributed by atoms with Crippen LogP contribution in [-0.2, 0) is 17.9 Å². The lowest BCUT2D eigenvalue weighted by molar-refractivity contribution is -0.122. The molecule has 1 aliphatic heterocycles. The van der Waals surface area contributed by atoms with Crippen molar-refractivity contribution in [1.82, 2.24) is 10.2 Å². The van der Waals surface area contributed by atoms with Gasteiger partial charge < -0.3 is 5.32 Å². The van der Waals surface area contributed by atoms with Crippen LogP contribution in [-0.4, -0.2) is 23.9 Å². The Hall–Kier alpha value is -1.35. The van der Waals surface area contributed by atoms with E-state index < -0.39 is 0 Å². The number of benzene rings is 1. The fourth-order valence-corrected chi connectivity index (χ4v) is 3.62. The molecule has 1 aromatic rings. The summed E-state index contributed by atoms with van der Waals surface area (Å²) in [6.45, 7) is 8.84. The van der Waals surface area contributed by atoms with Crippen LogP contribution in [0.15, 0.2) is 24.3 Å². The first-order valence-corrected chi connectivity index (χ1v) is 8.68. The fourth-order valence-electron chi connectivity index (χ4n) is 3.62. The van der Waals surface area contributed by atoms with Gasteiger partial charge in [0.05, 0.1) is 0 Å². The van der Waals surface area contributed by atoms with Crippen molar-refractivity contribution in [2.75, 3.05) is 13.1 Å². The molecule has 1 aromatic carbocycles. The van der Waals surface area contributed by atoms with Gasteiger partial charge in [0, 0.05) is 32.1 Å². The van der Waals surface area contributed by atoms with Gasteiger partial charge in [0.15, 0.2) is 0 Å². The number of hydrogen-bond donors (Lipinski definition) is 1. The second-order valence-corrected chi connectivity index (χ2v) is 7.45. The van der Waals surface area contributed by atoms with E-state index in [1.807, 2.05) is 0 Å². The molecule has 120 valence electrons. The largest absolute Gasteiger partial charge is 0.352 e. The molecule has 0 bridgehead atoms. The van der Waals surface area contributed by atoms with Crippen molar-refractivity contribution in [3.8, 4) is 0 Å². The molecule has 3 nitrogen and oxygen atoms in total. The van der Waals surface area contributed by atoms with Crippen LogP contribution < -0.4 is 5.32 Å². The van der Waals surface area contributed by atoms with Crippen molar-refractivity contribution < 1.29 is 4.79 Å². The summed E-state index contributed by atoms with van der Waals surface area (Å²) in [5, 5.41) is 3.02. The van der Waals surface area contributed by atoms with Gasteiger partial charge in [-0.15, -0.1) is 0 Å². The number of nitrogens with one attached hydrogen (secondary N) is 1. The highest BCUT2D eigenvalue weighted by atomic mass is 16.2. The summed E-state index contributed by atoms with van der Waals surface area (Å²) in [5.74, 6) is 2.13. The van der Waals surface area contributed by atoms with E-state index in [4.69, 9.17) is 0 Å². The van der Waals surface area contributed by atoms with Crippen LogP contribution in [0, 0.1) is 17.8 Å². The zero-order chi connectivity index (χ0) is 15.5. The maximum Gasteiger partial charge on any atom is 0.223 e. The zero-order valence-corrected chi connectivity index (χ0v) is 13.8. The van der Waals surface area contributed by atoms with E-state index in [1.165, 1.54) is 30.6 Å². The standard InChI is InChI=1S/C19H28N2O/c1-14-9-15(2)12-21(11-14)13-17-5-3-16(4-6-17)10-20-19(22)18-7-8-18/h3-6,14-15,18H,7-13H2,1-2H3,(H,20,22). The molecule has 0 aromatic heterocycles. The second-order valence-electron chi connectivity index (χ2n) is 7.45. The number of amides is 1. The Bertz CT molecular complexity index is 497. The predicted molar refractivity (Wildman–Crippen MR) is 89.2 cm³/mol. The monoisotopic (exact) mass is 300 g/mol. The lowest BCUT2D eigenvalue weighted by Crippen LogP contribution is -2.38. The summed E-state index contributed by atoms with van der Waals surface area (Å²) in [5.41, 5.74) is 2.57. The van der Waals surface area contributed by atoms with E-state index in [0.717, 1.165) is 31.2 Å². The average molecular weight is 300 g/mol. The Morgan fingerprint density at radius 2 is 1.68 bits per heavy atom. The molecule has 3 heteroatoms. The molecule has 22 heavy (non-hydrogen) atoms. The van der Waals surface area contributed by atoms with Gasteiger partial charge in [0.2, 0.25) is 5.91 Å². The number of likely N-dealkylation sites (tertiary alicyclic amines) is 1. The smallest absolute Gasteiger partial charge is 0.223 e. The van der Waals surface area contributed by atoms with Gasteiger partial charge in [-0.05, 0) is 42.2 Å². The van der Waals surface area contributed by atoms with Gasteiger partial charge in [-0.3, -0.25) is 9.69 Å². The summed E-state index contributed by atoms with van der Waals surface area (Å²) in [7, 11) is 0. The molecule has 1 amide bonds. The molecule has 2 fully saturated rings. The van der Waals surface area contributed by atoms with Crippen LogP contribution in [0.3, 0.4) is 0 Å². The molecule has 1 heterocycles. The number of carbonyl (C=O) groups is 1. The first-order chi connectivity index (χ1) is 10.6. The maximum atomic E-state index is 11.7. The number of piperidine rings is 1. The van der Waals surface area contributed by atoms with Crippen LogP contribution in [0.25, 0.3) is 0 Å². The summed E-state index contributed by atoms with van der Waals surface area (Å²) >= 11 is 0. The van der Waals surface area contributed by atoms with Crippen LogP contribution >= 0.6 is 0 Å². The molecule has 1 aliphatic carbocycles. The van der Waals surface area contributed by atoms with Crippen LogP contribution in [0.2, 0.25) is 0 Å². The lowest BCUT2D eigenvalue weighted by atomic mass is 9.91. The lowest BCUT2D eigenvalue weighted by Gasteiger charge is -2.35. The molecule has 2 aliphatic rings. The molecule has 1 saturated heterocycles. The zero-order valence-electron chi connectivity index (χ0n) is 13.8. The van der Waals surface area contributed by atoms with Crippen molar-refractivity contribution in [2.24, 2.45) is 17.8 Å². The average Bonchev–Trinajstić information content (AvgIpc) is 3.30. The van der Waals surface area contributed by atoms with Gasteiger partial charge in [0.25, 0.3) is 0 Å². The quantitative estimate of drug-likeness (QED) is 0.906. The predicted octanol–water partition coefficient (Wildman–Crippen LogP) is 3.19. The van der Waals surface area contributed by atoms with Crippen molar-refractivity contribution in [2.45, 2.75) is 46.2 Å². The first kappa shape index (κ1) is 15.5. The summed E-state index contributed by atoms with van der Waals surface area (Å²) < 4.78 is 0. The number of carbonyl (C=O) groups excluding carboxylic acids is 1. The van der Waals surface area contributed by atoms with Crippen molar-refractivity contribution >= 4 is 5.91 Å². The highest BCUT2D eigenvalue weighted by Crippen LogP contribution is 2.28. The van der Waals surface area contributed by atoms with Gasteiger partial charge in [-0.1, -0.05) is 38.1 Å². The minimum absolute atomic E-state index is 0.223. The highest BCUT2D eigenvalue weighted by molar-refractivity contribution is 5.80. The Labute approximate surface area is 134 Å². The van der Waals surface area contributed by atoms with Gasteiger partial charge in [-0.2, -0.15) is 0 Å². The summed E-state index contributed by atoms with van der Waals surface area (Å²) in [6.07, 6.45) is 3.49. The fraction of sp³-hybridized carbons (Fsp3) is 0.632. The number of nitrogens with zero attached hydrogens (tertiary/aromatic N) is 1. The molecule has 2 unspecified atom stereocenters. The minimum Gasteiger partial charge on any atom is -0.352 e. The third-order valence-corrected chi connectivity index (χ3v) is 4.79. The van der Waals surface area contributed by atoms with E-state index in [0.29, 0.717) is 12.5 Å². The Morgan fingerprint density at radius 1 is 1.09 bits per heavy atom. The van der Waals surface area contributed by atoms with Crippen LogP contribution in [0.5, 0.6) is 0 Å². The molecule has 1 saturated carbocycles. The van der Waals surface area contributed by atoms with E-state index in [-0.39, 0.29) is 5.91 Å². The first-order valence-electron chi connectivity index (χ1n) is 8.68. The Balaban J connectivity index is 1.49. The molecule has 2 atom stereocenters. The summed E-state index contributed by atoms with van der Waals surface area (Å²) in [6, 6.07) is 8.73. The molecule has 3 rings (SSSR count).